The number of rotatable bonds is 11. The number of amides is 1. The Morgan fingerprint density at radius 2 is 2.00 bits per heavy atom. The molecule has 2 aromatic carbocycles. The normalized spacial score (nSPS) is 14.8. The maximum absolute atomic E-state index is 12.5. The molecule has 8 nitrogen and oxygen atoms in total. The molecule has 3 aromatic rings. The van der Waals surface area contributed by atoms with E-state index in [0.29, 0.717) is 52.1 Å². The molecule has 2 heterocycles. The van der Waals surface area contributed by atoms with E-state index < -0.39 is 11.9 Å². The Labute approximate surface area is 220 Å². The molecule has 190 valence electrons. The van der Waals surface area contributed by atoms with Crippen LogP contribution in [0.2, 0.25) is 5.02 Å². The summed E-state index contributed by atoms with van der Waals surface area (Å²) in [6.45, 7) is 6.61. The van der Waals surface area contributed by atoms with Crippen LogP contribution in [0.5, 0.6) is 11.5 Å². The molecule has 3 N–H and O–H groups in total. The molecule has 0 radical (unpaired) electrons. The predicted octanol–water partition coefficient (Wildman–Crippen LogP) is 5.58. The number of thioether (sulfide) groups is 1. The van der Waals surface area contributed by atoms with Gasteiger partial charge < -0.3 is 20.5 Å². The van der Waals surface area contributed by atoms with Gasteiger partial charge >= 0.3 is 0 Å². The zero-order chi connectivity index (χ0) is 25.7. The maximum Gasteiger partial charge on any atom is 0.248 e. The highest BCUT2D eigenvalue weighted by Crippen LogP contribution is 2.39. The Hall–Kier alpha value is -3.17. The molecule has 0 spiro atoms. The number of hydrogen-bond acceptors (Lipinski definition) is 7. The number of hydrogen-bond donors (Lipinski definition) is 2. The first kappa shape index (κ1) is 25.9. The number of carbonyl (C=O) groups is 1. The fraction of sp³-hybridized carbons (Fsp3) is 0.346. The van der Waals surface area contributed by atoms with Gasteiger partial charge in [0.05, 0.1) is 12.2 Å². The minimum absolute atomic E-state index is 0.295. The van der Waals surface area contributed by atoms with Crippen molar-refractivity contribution in [3.05, 3.63) is 69.9 Å². The SMILES string of the molecule is CCCCSc1nc2n(n1)C(c1ccc(OCc3ccccc3Cl)c(OCC)c1)C(C(N)=O)=C(C)N2. The lowest BCUT2D eigenvalue weighted by Gasteiger charge is -2.28. The number of fused-ring (bicyclic) bond motifs is 1. The average molecular weight is 528 g/mol. The van der Waals surface area contributed by atoms with Crippen LogP contribution in [0, 0.1) is 0 Å². The van der Waals surface area contributed by atoms with Gasteiger partial charge in [-0.2, -0.15) is 4.98 Å². The zero-order valence-corrected chi connectivity index (χ0v) is 22.2. The van der Waals surface area contributed by atoms with Crippen molar-refractivity contribution in [2.24, 2.45) is 5.73 Å². The van der Waals surface area contributed by atoms with Crippen LogP contribution in [0.1, 0.15) is 50.8 Å². The van der Waals surface area contributed by atoms with Gasteiger partial charge in [0.15, 0.2) is 11.5 Å². The van der Waals surface area contributed by atoms with Crippen molar-refractivity contribution in [2.45, 2.75) is 51.4 Å². The largest absolute Gasteiger partial charge is 0.490 e. The second-order valence-corrected chi connectivity index (χ2v) is 9.78. The van der Waals surface area contributed by atoms with Crippen LogP contribution < -0.4 is 20.5 Å². The number of nitrogens with two attached hydrogens (primary N) is 1. The van der Waals surface area contributed by atoms with E-state index in [1.807, 2.05) is 56.3 Å². The van der Waals surface area contributed by atoms with E-state index in [4.69, 9.17) is 31.9 Å². The lowest BCUT2D eigenvalue weighted by atomic mass is 9.95. The fourth-order valence-corrected chi connectivity index (χ4v) is 5.08. The van der Waals surface area contributed by atoms with E-state index in [2.05, 4.69) is 17.2 Å². The van der Waals surface area contributed by atoms with Crippen molar-refractivity contribution in [3.8, 4) is 11.5 Å². The Kier molecular flexibility index (Phi) is 8.43. The van der Waals surface area contributed by atoms with E-state index in [1.165, 1.54) is 0 Å². The lowest BCUT2D eigenvalue weighted by Crippen LogP contribution is -2.31. The van der Waals surface area contributed by atoms with Crippen LogP contribution in [-0.2, 0) is 11.4 Å². The van der Waals surface area contributed by atoms with Crippen LogP contribution in [-0.4, -0.2) is 33.0 Å². The van der Waals surface area contributed by atoms with Gasteiger partial charge in [0.25, 0.3) is 0 Å². The number of nitrogens with one attached hydrogen (secondary N) is 1. The van der Waals surface area contributed by atoms with Crippen molar-refractivity contribution < 1.29 is 14.3 Å². The Bertz CT molecular complexity index is 1280. The summed E-state index contributed by atoms with van der Waals surface area (Å²) >= 11 is 7.88. The summed E-state index contributed by atoms with van der Waals surface area (Å²) in [5.41, 5.74) is 8.56. The lowest BCUT2D eigenvalue weighted by molar-refractivity contribution is -0.115. The summed E-state index contributed by atoms with van der Waals surface area (Å²) in [4.78, 5) is 17.2. The summed E-state index contributed by atoms with van der Waals surface area (Å²) in [7, 11) is 0. The van der Waals surface area contributed by atoms with Crippen LogP contribution in [0.3, 0.4) is 0 Å². The molecule has 0 saturated heterocycles. The summed E-state index contributed by atoms with van der Waals surface area (Å²) in [5.74, 6) is 2.10. The van der Waals surface area contributed by atoms with Gasteiger partial charge in [-0.3, -0.25) is 4.79 Å². The molecule has 0 fully saturated rings. The molecule has 0 aliphatic carbocycles. The number of benzene rings is 2. The van der Waals surface area contributed by atoms with Crippen molar-refractivity contribution in [2.75, 3.05) is 17.7 Å². The second-order valence-electron chi connectivity index (χ2n) is 8.31. The van der Waals surface area contributed by atoms with Gasteiger partial charge in [-0.25, -0.2) is 4.68 Å². The molecule has 1 amide bonds. The highest BCUT2D eigenvalue weighted by molar-refractivity contribution is 7.99. The molecule has 1 aromatic heterocycles. The summed E-state index contributed by atoms with van der Waals surface area (Å²) in [6, 6.07) is 12.6. The van der Waals surface area contributed by atoms with Crippen molar-refractivity contribution in [1.29, 1.82) is 0 Å². The quantitative estimate of drug-likeness (QED) is 0.248. The first-order valence-corrected chi connectivity index (χ1v) is 13.3. The third kappa shape index (κ3) is 5.63. The number of nitrogens with zero attached hydrogens (tertiary/aromatic N) is 3. The first-order chi connectivity index (χ1) is 17.4. The maximum atomic E-state index is 12.5. The van der Waals surface area contributed by atoms with Crippen LogP contribution >= 0.6 is 23.4 Å². The molecule has 10 heteroatoms. The number of aromatic nitrogens is 3. The van der Waals surface area contributed by atoms with Crippen LogP contribution in [0.25, 0.3) is 0 Å². The fourth-order valence-electron chi connectivity index (χ4n) is 3.98. The minimum atomic E-state index is -0.552. The summed E-state index contributed by atoms with van der Waals surface area (Å²) in [5, 5.41) is 9.18. The molecule has 4 rings (SSSR count). The molecule has 1 aliphatic heterocycles. The molecule has 36 heavy (non-hydrogen) atoms. The number of anilines is 1. The van der Waals surface area contributed by atoms with Gasteiger partial charge in [-0.05, 0) is 44.0 Å². The van der Waals surface area contributed by atoms with Crippen molar-refractivity contribution >= 4 is 35.2 Å². The van der Waals surface area contributed by atoms with Crippen molar-refractivity contribution in [1.82, 2.24) is 14.8 Å². The standard InChI is InChI=1S/C26H30ClN5O3S/c1-4-6-13-36-26-30-25-29-16(3)22(24(28)33)23(32(25)31-26)17-11-12-20(21(14-17)34-5-2)35-15-18-9-7-8-10-19(18)27/h7-12,14,23H,4-6,13,15H2,1-3H3,(H2,28,33)(H,29,30,31). The van der Waals surface area contributed by atoms with E-state index in [-0.39, 0.29) is 0 Å². The highest BCUT2D eigenvalue weighted by atomic mass is 35.5. The predicted molar refractivity (Wildman–Crippen MR) is 143 cm³/mol. The highest BCUT2D eigenvalue weighted by Gasteiger charge is 2.34. The third-order valence-corrected chi connectivity index (χ3v) is 7.04. The molecule has 1 unspecified atom stereocenters. The Balaban J connectivity index is 1.69. The minimum Gasteiger partial charge on any atom is -0.490 e. The van der Waals surface area contributed by atoms with E-state index in [1.54, 1.807) is 16.4 Å². The van der Waals surface area contributed by atoms with E-state index >= 15 is 0 Å². The van der Waals surface area contributed by atoms with Crippen LogP contribution in [0.4, 0.5) is 5.95 Å². The molecule has 0 saturated carbocycles. The van der Waals surface area contributed by atoms with Crippen LogP contribution in [0.15, 0.2) is 58.9 Å². The monoisotopic (exact) mass is 527 g/mol. The number of unbranched alkanes of at least 4 members (excludes halogenated alkanes) is 1. The smallest absolute Gasteiger partial charge is 0.248 e. The molecular weight excluding hydrogens is 498 g/mol. The number of primary amides is 1. The third-order valence-electron chi connectivity index (χ3n) is 5.75. The molecule has 0 bridgehead atoms. The first-order valence-electron chi connectivity index (χ1n) is 11.9. The summed E-state index contributed by atoms with van der Waals surface area (Å²) < 4.78 is 13.7. The number of carbonyl (C=O) groups excluding carboxylic acids is 1. The summed E-state index contributed by atoms with van der Waals surface area (Å²) in [6.07, 6.45) is 2.17. The number of allylic oxidation sites excluding steroid dienone is 1. The molecule has 1 aliphatic rings. The van der Waals surface area contributed by atoms with Gasteiger partial charge in [-0.1, -0.05) is 61.0 Å². The average Bonchev–Trinajstić information content (AvgIpc) is 3.25. The van der Waals surface area contributed by atoms with E-state index in [9.17, 15) is 4.79 Å². The van der Waals surface area contributed by atoms with Crippen molar-refractivity contribution in [3.63, 3.8) is 0 Å². The molecule has 1 atom stereocenters. The van der Waals surface area contributed by atoms with Gasteiger partial charge in [0.1, 0.15) is 12.6 Å². The van der Waals surface area contributed by atoms with Gasteiger partial charge in [0.2, 0.25) is 17.0 Å². The number of halogens is 1. The van der Waals surface area contributed by atoms with Gasteiger partial charge in [0, 0.05) is 22.0 Å². The number of ether oxygens (including phenoxy) is 2. The topological polar surface area (TPSA) is 104 Å². The second kappa shape index (κ2) is 11.7. The zero-order valence-electron chi connectivity index (χ0n) is 20.6. The molecular formula is C26H30ClN5O3S. The van der Waals surface area contributed by atoms with Gasteiger partial charge in [-0.15, -0.1) is 5.10 Å². The Morgan fingerprint density at radius 3 is 2.72 bits per heavy atom. The van der Waals surface area contributed by atoms with E-state index in [0.717, 1.165) is 29.7 Å². The Morgan fingerprint density at radius 1 is 1.19 bits per heavy atom.